The van der Waals surface area contributed by atoms with E-state index in [1.807, 2.05) is 38.1 Å². The second kappa shape index (κ2) is 7.13. The maximum absolute atomic E-state index is 12.2. The summed E-state index contributed by atoms with van der Waals surface area (Å²) in [4.78, 5) is 31.4. The normalized spacial score (nSPS) is 11.3. The summed E-state index contributed by atoms with van der Waals surface area (Å²) >= 11 is 0. The van der Waals surface area contributed by atoms with Gasteiger partial charge >= 0.3 is 0 Å². The minimum atomic E-state index is -0.196. The molecule has 0 bridgehead atoms. The molecular weight excluding hydrogens is 314 g/mol. The molecule has 3 rings (SSSR count). The number of aromatic nitrogens is 2. The quantitative estimate of drug-likeness (QED) is 0.553. The predicted octanol–water partition coefficient (Wildman–Crippen LogP) is 3.60. The highest BCUT2D eigenvalue weighted by atomic mass is 16.1. The molecule has 0 aliphatic heterocycles. The Labute approximate surface area is 145 Å². The van der Waals surface area contributed by atoms with E-state index in [4.69, 9.17) is 0 Å². The van der Waals surface area contributed by atoms with Crippen molar-refractivity contribution in [2.24, 2.45) is 0 Å². The number of allylic oxidation sites excluding steroid dienone is 1. The van der Waals surface area contributed by atoms with Crippen molar-refractivity contribution >= 4 is 28.8 Å². The molecule has 2 aromatic carbocycles. The molecule has 0 radical (unpaired) electrons. The number of fused-ring (bicyclic) bond motifs is 1. The lowest BCUT2D eigenvalue weighted by Gasteiger charge is -2.08. The Hall–Kier alpha value is -3.21. The number of para-hydroxylation sites is 2. The van der Waals surface area contributed by atoms with Crippen molar-refractivity contribution in [1.82, 2.24) is 15.3 Å². The van der Waals surface area contributed by atoms with Crippen LogP contribution in [0.4, 0.5) is 0 Å². The van der Waals surface area contributed by atoms with Gasteiger partial charge in [-0.15, -0.1) is 0 Å². The van der Waals surface area contributed by atoms with E-state index in [2.05, 4.69) is 15.3 Å². The Morgan fingerprint density at radius 1 is 1.08 bits per heavy atom. The fourth-order valence-corrected chi connectivity index (χ4v) is 2.41. The van der Waals surface area contributed by atoms with Gasteiger partial charge in [-0.1, -0.05) is 30.3 Å². The largest absolute Gasteiger partial charge is 0.350 e. The first kappa shape index (κ1) is 16.6. The maximum atomic E-state index is 12.2. The van der Waals surface area contributed by atoms with Crippen LogP contribution < -0.4 is 5.32 Å². The number of nitrogens with zero attached hydrogens (tertiary/aromatic N) is 1. The molecule has 0 aliphatic rings. The van der Waals surface area contributed by atoms with Crippen LogP contribution in [-0.2, 0) is 0 Å². The first-order valence-corrected chi connectivity index (χ1v) is 8.11. The molecule has 0 saturated carbocycles. The molecule has 0 fully saturated rings. The van der Waals surface area contributed by atoms with Gasteiger partial charge in [0.15, 0.2) is 5.82 Å². The topological polar surface area (TPSA) is 74.8 Å². The SMILES string of the molecule is CC(C)NC(=O)c1ccc(C=CC(=O)c2nc3ccccc3[nH]2)cc1. The second-order valence-electron chi connectivity index (χ2n) is 6.05. The smallest absolute Gasteiger partial charge is 0.251 e. The van der Waals surface area contributed by atoms with E-state index in [0.717, 1.165) is 16.6 Å². The molecule has 1 aromatic heterocycles. The maximum Gasteiger partial charge on any atom is 0.251 e. The summed E-state index contributed by atoms with van der Waals surface area (Å²) in [7, 11) is 0. The Bertz CT molecular complexity index is 904. The molecule has 0 spiro atoms. The van der Waals surface area contributed by atoms with Gasteiger partial charge in [0.2, 0.25) is 5.78 Å². The van der Waals surface area contributed by atoms with Gasteiger partial charge in [0, 0.05) is 11.6 Å². The number of carbonyl (C=O) groups excluding carboxylic acids is 2. The van der Waals surface area contributed by atoms with Crippen molar-refractivity contribution in [3.8, 4) is 0 Å². The predicted molar refractivity (Wildman–Crippen MR) is 98.5 cm³/mol. The minimum Gasteiger partial charge on any atom is -0.350 e. The summed E-state index contributed by atoms with van der Waals surface area (Å²) in [6, 6.07) is 14.7. The van der Waals surface area contributed by atoms with Crippen LogP contribution in [0.5, 0.6) is 0 Å². The van der Waals surface area contributed by atoms with Crippen molar-refractivity contribution in [3.63, 3.8) is 0 Å². The third-order valence-corrected chi connectivity index (χ3v) is 3.64. The first-order valence-electron chi connectivity index (χ1n) is 8.11. The highest BCUT2D eigenvalue weighted by Crippen LogP contribution is 2.12. The van der Waals surface area contributed by atoms with Gasteiger partial charge in [-0.05, 0) is 49.8 Å². The number of hydrogen-bond acceptors (Lipinski definition) is 3. The molecule has 1 amide bonds. The average Bonchev–Trinajstić information content (AvgIpc) is 3.03. The molecular formula is C20H19N3O2. The average molecular weight is 333 g/mol. The van der Waals surface area contributed by atoms with Gasteiger partial charge in [0.1, 0.15) is 0 Å². The summed E-state index contributed by atoms with van der Waals surface area (Å²) in [5.74, 6) is 0.00657. The molecule has 0 aliphatic carbocycles. The monoisotopic (exact) mass is 333 g/mol. The van der Waals surface area contributed by atoms with Crippen LogP contribution >= 0.6 is 0 Å². The molecule has 2 N–H and O–H groups in total. The van der Waals surface area contributed by atoms with Crippen LogP contribution in [0.25, 0.3) is 17.1 Å². The van der Waals surface area contributed by atoms with Crippen molar-refractivity contribution < 1.29 is 9.59 Å². The lowest BCUT2D eigenvalue weighted by molar-refractivity contribution is 0.0942. The number of H-pyrrole nitrogens is 1. The molecule has 126 valence electrons. The summed E-state index contributed by atoms with van der Waals surface area (Å²) in [6.45, 7) is 3.83. The number of nitrogens with one attached hydrogen (secondary N) is 2. The number of rotatable bonds is 5. The molecule has 25 heavy (non-hydrogen) atoms. The van der Waals surface area contributed by atoms with Gasteiger partial charge in [0.25, 0.3) is 5.91 Å². The van der Waals surface area contributed by atoms with Gasteiger partial charge in [-0.25, -0.2) is 4.98 Å². The Morgan fingerprint density at radius 3 is 2.48 bits per heavy atom. The van der Waals surface area contributed by atoms with E-state index in [9.17, 15) is 9.59 Å². The Kier molecular flexibility index (Phi) is 4.75. The second-order valence-corrected chi connectivity index (χ2v) is 6.05. The van der Waals surface area contributed by atoms with Gasteiger partial charge < -0.3 is 10.3 Å². The van der Waals surface area contributed by atoms with Gasteiger partial charge in [0.05, 0.1) is 11.0 Å². The number of imidazole rings is 1. The van der Waals surface area contributed by atoms with E-state index in [1.54, 1.807) is 30.3 Å². The van der Waals surface area contributed by atoms with Crippen LogP contribution in [0.1, 0.15) is 40.4 Å². The molecule has 0 saturated heterocycles. The van der Waals surface area contributed by atoms with Crippen LogP contribution in [0.2, 0.25) is 0 Å². The lowest BCUT2D eigenvalue weighted by Crippen LogP contribution is -2.29. The van der Waals surface area contributed by atoms with Crippen molar-refractivity contribution in [2.45, 2.75) is 19.9 Å². The summed E-state index contributed by atoms with van der Waals surface area (Å²) in [6.07, 6.45) is 3.18. The molecule has 0 unspecified atom stereocenters. The molecule has 5 nitrogen and oxygen atoms in total. The standard InChI is InChI=1S/C20H19N3O2/c1-13(2)21-20(25)15-10-7-14(8-11-15)9-12-18(24)19-22-16-5-3-4-6-17(16)23-19/h3-13H,1-2H3,(H,21,25)(H,22,23). The van der Waals surface area contributed by atoms with Crippen LogP contribution in [0.3, 0.4) is 0 Å². The zero-order valence-corrected chi connectivity index (χ0v) is 14.1. The third-order valence-electron chi connectivity index (χ3n) is 3.64. The summed E-state index contributed by atoms with van der Waals surface area (Å²) < 4.78 is 0. The highest BCUT2D eigenvalue weighted by Gasteiger charge is 2.08. The van der Waals surface area contributed by atoms with Gasteiger partial charge in [-0.3, -0.25) is 9.59 Å². The van der Waals surface area contributed by atoms with Crippen LogP contribution in [0, 0.1) is 0 Å². The van der Waals surface area contributed by atoms with Crippen molar-refractivity contribution in [1.29, 1.82) is 0 Å². The van der Waals surface area contributed by atoms with E-state index < -0.39 is 0 Å². The lowest BCUT2D eigenvalue weighted by atomic mass is 10.1. The van der Waals surface area contributed by atoms with E-state index in [-0.39, 0.29) is 17.7 Å². The number of aromatic amines is 1. The molecule has 0 atom stereocenters. The number of ketones is 1. The Balaban J connectivity index is 1.70. The molecule has 1 heterocycles. The summed E-state index contributed by atoms with van der Waals surface area (Å²) in [5, 5.41) is 2.84. The number of amides is 1. The third kappa shape index (κ3) is 4.01. The zero-order chi connectivity index (χ0) is 17.8. The van der Waals surface area contributed by atoms with Crippen molar-refractivity contribution in [2.75, 3.05) is 0 Å². The van der Waals surface area contributed by atoms with Gasteiger partial charge in [-0.2, -0.15) is 0 Å². The van der Waals surface area contributed by atoms with E-state index in [1.165, 1.54) is 6.08 Å². The first-order chi connectivity index (χ1) is 12.0. The van der Waals surface area contributed by atoms with Crippen LogP contribution in [-0.4, -0.2) is 27.7 Å². The fourth-order valence-electron chi connectivity index (χ4n) is 2.41. The van der Waals surface area contributed by atoms with Crippen LogP contribution in [0.15, 0.2) is 54.6 Å². The number of benzene rings is 2. The highest BCUT2D eigenvalue weighted by molar-refractivity contribution is 6.05. The summed E-state index contributed by atoms with van der Waals surface area (Å²) in [5.41, 5.74) is 3.03. The molecule has 3 aromatic rings. The fraction of sp³-hybridized carbons (Fsp3) is 0.150. The minimum absolute atomic E-state index is 0.0912. The zero-order valence-electron chi connectivity index (χ0n) is 14.1. The number of hydrogen-bond donors (Lipinski definition) is 2. The van der Waals surface area contributed by atoms with E-state index in [0.29, 0.717) is 11.4 Å². The van der Waals surface area contributed by atoms with Crippen molar-refractivity contribution in [3.05, 3.63) is 71.6 Å². The Morgan fingerprint density at radius 2 is 1.80 bits per heavy atom. The van der Waals surface area contributed by atoms with E-state index >= 15 is 0 Å². The molecule has 5 heteroatoms. The number of carbonyl (C=O) groups is 2.